The average Bonchev–Trinajstić information content (AvgIpc) is 3.05. The Morgan fingerprint density at radius 2 is 1.89 bits per heavy atom. The van der Waals surface area contributed by atoms with Crippen LogP contribution in [0.4, 0.5) is 0 Å². The number of H-pyrrole nitrogens is 1. The van der Waals surface area contributed by atoms with Crippen molar-refractivity contribution in [2.75, 3.05) is 0 Å². The van der Waals surface area contributed by atoms with Gasteiger partial charge in [-0.1, -0.05) is 48.2 Å². The zero-order valence-electron chi connectivity index (χ0n) is 15.3. The van der Waals surface area contributed by atoms with Gasteiger partial charge in [0.25, 0.3) is 5.56 Å². The number of aryl methyl sites for hydroxylation is 2. The quantitative estimate of drug-likeness (QED) is 0.509. The van der Waals surface area contributed by atoms with Crippen molar-refractivity contribution < 1.29 is 0 Å². The Labute approximate surface area is 165 Å². The molecule has 8 heteroatoms. The van der Waals surface area contributed by atoms with Crippen molar-refractivity contribution in [1.82, 2.24) is 24.1 Å². The summed E-state index contributed by atoms with van der Waals surface area (Å²) in [6.45, 7) is 2.41. The highest BCUT2D eigenvalue weighted by Crippen LogP contribution is 2.19. The van der Waals surface area contributed by atoms with Crippen LogP contribution >= 0.6 is 11.8 Å². The molecule has 0 aliphatic heterocycles. The number of nitrogens with one attached hydrogen (secondary N) is 1. The van der Waals surface area contributed by atoms with Gasteiger partial charge in [-0.05, 0) is 31.0 Å². The SMILES string of the molecule is Cc1cccc2nc(CSc3n[nH]c(=O)n3CCc3ccccc3)cc(=O)n12. The fourth-order valence-electron chi connectivity index (χ4n) is 3.07. The number of thioether (sulfide) groups is 1. The summed E-state index contributed by atoms with van der Waals surface area (Å²) in [7, 11) is 0. The first-order valence-electron chi connectivity index (χ1n) is 8.92. The Hall–Kier alpha value is -3.13. The predicted molar refractivity (Wildman–Crippen MR) is 109 cm³/mol. The molecule has 3 heterocycles. The van der Waals surface area contributed by atoms with Crippen LogP contribution in [0, 0.1) is 6.92 Å². The molecule has 0 amide bonds. The Bertz CT molecular complexity index is 1230. The van der Waals surface area contributed by atoms with Crippen LogP contribution in [0.15, 0.2) is 69.3 Å². The van der Waals surface area contributed by atoms with Crippen molar-refractivity contribution in [3.63, 3.8) is 0 Å². The van der Waals surface area contributed by atoms with E-state index in [1.807, 2.05) is 55.5 Å². The number of pyridine rings is 1. The summed E-state index contributed by atoms with van der Waals surface area (Å²) in [6, 6.07) is 17.1. The zero-order valence-corrected chi connectivity index (χ0v) is 16.1. The minimum Gasteiger partial charge on any atom is -0.270 e. The van der Waals surface area contributed by atoms with Crippen LogP contribution in [0.25, 0.3) is 5.65 Å². The smallest absolute Gasteiger partial charge is 0.270 e. The number of aromatic amines is 1. The molecule has 0 saturated heterocycles. The van der Waals surface area contributed by atoms with Crippen LogP contribution in [0.1, 0.15) is 17.0 Å². The first-order valence-corrected chi connectivity index (χ1v) is 9.90. The van der Waals surface area contributed by atoms with E-state index in [-0.39, 0.29) is 11.2 Å². The third-order valence-corrected chi connectivity index (χ3v) is 5.48. The molecule has 0 bridgehead atoms. The molecule has 0 aliphatic rings. The Kier molecular flexibility index (Phi) is 5.12. The fraction of sp³-hybridized carbons (Fsp3) is 0.200. The van der Waals surface area contributed by atoms with Gasteiger partial charge in [0, 0.05) is 24.1 Å². The molecule has 1 N–H and O–H groups in total. The molecular weight excluding hydrogens is 374 g/mol. The Morgan fingerprint density at radius 1 is 1.07 bits per heavy atom. The largest absolute Gasteiger partial charge is 0.343 e. The maximum Gasteiger partial charge on any atom is 0.343 e. The van der Waals surface area contributed by atoms with E-state index in [1.54, 1.807) is 8.97 Å². The molecule has 7 nitrogen and oxygen atoms in total. The van der Waals surface area contributed by atoms with E-state index in [0.29, 0.717) is 28.8 Å². The second kappa shape index (κ2) is 7.85. The van der Waals surface area contributed by atoms with Crippen molar-refractivity contribution >= 4 is 17.4 Å². The number of hydrogen-bond donors (Lipinski definition) is 1. The van der Waals surface area contributed by atoms with Crippen LogP contribution in [0.5, 0.6) is 0 Å². The molecule has 1 aromatic carbocycles. The monoisotopic (exact) mass is 393 g/mol. The van der Waals surface area contributed by atoms with Gasteiger partial charge in [-0.2, -0.15) is 0 Å². The molecule has 142 valence electrons. The van der Waals surface area contributed by atoms with E-state index in [0.717, 1.165) is 17.7 Å². The van der Waals surface area contributed by atoms with Crippen LogP contribution in [0.3, 0.4) is 0 Å². The minimum atomic E-state index is -0.236. The highest BCUT2D eigenvalue weighted by atomic mass is 32.2. The summed E-state index contributed by atoms with van der Waals surface area (Å²) in [5.74, 6) is 0.454. The molecule has 0 atom stereocenters. The van der Waals surface area contributed by atoms with E-state index in [9.17, 15) is 9.59 Å². The number of rotatable bonds is 6. The number of hydrogen-bond acceptors (Lipinski definition) is 5. The van der Waals surface area contributed by atoms with Gasteiger partial charge in [0.1, 0.15) is 5.65 Å². The van der Waals surface area contributed by atoms with Crippen molar-refractivity contribution in [2.24, 2.45) is 0 Å². The summed E-state index contributed by atoms with van der Waals surface area (Å²) in [5.41, 5.74) is 2.93. The van der Waals surface area contributed by atoms with Gasteiger partial charge < -0.3 is 0 Å². The molecule has 0 saturated carbocycles. The lowest BCUT2D eigenvalue weighted by atomic mass is 10.1. The maximum absolute atomic E-state index is 12.4. The van der Waals surface area contributed by atoms with E-state index in [4.69, 9.17) is 0 Å². The van der Waals surface area contributed by atoms with Crippen molar-refractivity contribution in [1.29, 1.82) is 0 Å². The molecule has 3 aromatic heterocycles. The van der Waals surface area contributed by atoms with Gasteiger partial charge in [-0.15, -0.1) is 5.10 Å². The van der Waals surface area contributed by atoms with Gasteiger partial charge in [0.05, 0.1) is 5.69 Å². The molecule has 28 heavy (non-hydrogen) atoms. The molecule has 0 radical (unpaired) electrons. The Morgan fingerprint density at radius 3 is 2.71 bits per heavy atom. The van der Waals surface area contributed by atoms with Gasteiger partial charge in [0.15, 0.2) is 5.16 Å². The molecular formula is C20H19N5O2S. The number of nitrogens with zero attached hydrogens (tertiary/aromatic N) is 4. The maximum atomic E-state index is 12.4. The predicted octanol–water partition coefficient (Wildman–Crippen LogP) is 2.42. The van der Waals surface area contributed by atoms with Crippen molar-refractivity contribution in [3.05, 3.63) is 92.4 Å². The van der Waals surface area contributed by atoms with Gasteiger partial charge in [-0.3, -0.25) is 13.8 Å². The van der Waals surface area contributed by atoms with Crippen LogP contribution in [-0.2, 0) is 18.7 Å². The minimum absolute atomic E-state index is 0.109. The van der Waals surface area contributed by atoms with Gasteiger partial charge in [0.2, 0.25) is 0 Å². The first kappa shape index (κ1) is 18.2. The number of aromatic nitrogens is 5. The second-order valence-electron chi connectivity index (χ2n) is 6.43. The summed E-state index contributed by atoms with van der Waals surface area (Å²) in [6.07, 6.45) is 0.739. The van der Waals surface area contributed by atoms with Gasteiger partial charge in [-0.25, -0.2) is 14.9 Å². The van der Waals surface area contributed by atoms with Crippen molar-refractivity contribution in [3.8, 4) is 0 Å². The van der Waals surface area contributed by atoms with Gasteiger partial charge >= 0.3 is 5.69 Å². The van der Waals surface area contributed by atoms with Crippen LogP contribution in [-0.4, -0.2) is 24.1 Å². The highest BCUT2D eigenvalue weighted by Gasteiger charge is 2.11. The first-order chi connectivity index (χ1) is 13.6. The second-order valence-corrected chi connectivity index (χ2v) is 7.38. The molecule has 0 unspecified atom stereocenters. The lowest BCUT2D eigenvalue weighted by Gasteiger charge is -2.07. The fourth-order valence-corrected chi connectivity index (χ4v) is 3.94. The van der Waals surface area contributed by atoms with E-state index in [1.165, 1.54) is 17.8 Å². The molecule has 0 aliphatic carbocycles. The highest BCUT2D eigenvalue weighted by molar-refractivity contribution is 7.98. The molecule has 4 rings (SSSR count). The lowest BCUT2D eigenvalue weighted by Crippen LogP contribution is -2.19. The summed E-state index contributed by atoms with van der Waals surface area (Å²) >= 11 is 1.39. The molecule has 4 aromatic rings. The van der Waals surface area contributed by atoms with Crippen molar-refractivity contribution in [2.45, 2.75) is 30.8 Å². The number of fused-ring (bicyclic) bond motifs is 1. The summed E-state index contributed by atoms with van der Waals surface area (Å²) < 4.78 is 3.20. The molecule has 0 spiro atoms. The zero-order chi connectivity index (χ0) is 19.5. The van der Waals surface area contributed by atoms with E-state index >= 15 is 0 Å². The Balaban J connectivity index is 1.52. The average molecular weight is 393 g/mol. The normalized spacial score (nSPS) is 11.2. The third kappa shape index (κ3) is 3.77. The van der Waals surface area contributed by atoms with Crippen LogP contribution < -0.4 is 11.2 Å². The summed E-state index contributed by atoms with van der Waals surface area (Å²) in [5, 5.41) is 7.22. The topological polar surface area (TPSA) is 85.0 Å². The number of benzene rings is 1. The standard InChI is InChI=1S/C20H19N5O2S/c1-14-6-5-9-17-21-16(12-18(26)25(14)17)13-28-20-23-22-19(27)24(20)11-10-15-7-3-2-4-8-15/h2-9,12H,10-11,13H2,1H3,(H,22,27). The summed E-state index contributed by atoms with van der Waals surface area (Å²) in [4.78, 5) is 29.1. The van der Waals surface area contributed by atoms with E-state index in [2.05, 4.69) is 15.2 Å². The van der Waals surface area contributed by atoms with Crippen LogP contribution in [0.2, 0.25) is 0 Å². The molecule has 0 fully saturated rings. The lowest BCUT2D eigenvalue weighted by molar-refractivity contribution is 0.616. The third-order valence-electron chi connectivity index (χ3n) is 4.47. The van der Waals surface area contributed by atoms with E-state index < -0.39 is 0 Å².